The molecule has 0 saturated heterocycles. The molecule has 86 valence electrons. The topological polar surface area (TPSA) is 73.4 Å². The van der Waals surface area contributed by atoms with E-state index < -0.39 is 11.9 Å². The summed E-state index contributed by atoms with van der Waals surface area (Å²) in [6.07, 6.45) is 4.10. The Morgan fingerprint density at radius 2 is 2.31 bits per heavy atom. The predicted molar refractivity (Wildman–Crippen MR) is 56.5 cm³/mol. The summed E-state index contributed by atoms with van der Waals surface area (Å²) in [6, 6.07) is 1.89. The first-order chi connectivity index (χ1) is 7.59. The van der Waals surface area contributed by atoms with Crippen molar-refractivity contribution < 1.29 is 14.7 Å². The first-order valence-electron chi connectivity index (χ1n) is 5.19. The van der Waals surface area contributed by atoms with Crippen molar-refractivity contribution in [3.8, 4) is 0 Å². The van der Waals surface area contributed by atoms with Gasteiger partial charge in [-0.15, -0.1) is 0 Å². The van der Waals surface area contributed by atoms with Crippen LogP contribution in [0.3, 0.4) is 0 Å². The van der Waals surface area contributed by atoms with E-state index in [9.17, 15) is 9.59 Å². The number of aromatic nitrogens is 1. The Kier molecular flexibility index (Phi) is 2.68. The van der Waals surface area contributed by atoms with Crippen LogP contribution < -0.4 is 0 Å². The molecule has 2 unspecified atom stereocenters. The second-order valence-electron chi connectivity index (χ2n) is 4.20. The average Bonchev–Trinajstić information content (AvgIpc) is 2.89. The van der Waals surface area contributed by atoms with Crippen LogP contribution in [0.1, 0.15) is 12.0 Å². The smallest absolute Gasteiger partial charge is 0.307 e. The van der Waals surface area contributed by atoms with E-state index in [0.29, 0.717) is 13.0 Å². The van der Waals surface area contributed by atoms with Crippen molar-refractivity contribution in [2.45, 2.75) is 13.0 Å². The third-order valence-corrected chi connectivity index (χ3v) is 2.88. The molecule has 16 heavy (non-hydrogen) atoms. The monoisotopic (exact) mass is 222 g/mol. The van der Waals surface area contributed by atoms with Crippen LogP contribution in [0.2, 0.25) is 0 Å². The molecule has 1 fully saturated rings. The van der Waals surface area contributed by atoms with Gasteiger partial charge in [0, 0.05) is 26.0 Å². The molecule has 1 aromatic rings. The maximum absolute atomic E-state index is 11.8. The average molecular weight is 222 g/mol. The molecule has 0 spiro atoms. The van der Waals surface area contributed by atoms with Crippen LogP contribution in [0.4, 0.5) is 0 Å². The molecule has 1 aliphatic carbocycles. The molecule has 5 heteroatoms. The molecule has 2 N–H and O–H groups in total. The third kappa shape index (κ3) is 2.08. The van der Waals surface area contributed by atoms with Crippen LogP contribution in [0.15, 0.2) is 18.5 Å². The van der Waals surface area contributed by atoms with Crippen molar-refractivity contribution in [3.63, 3.8) is 0 Å². The summed E-state index contributed by atoms with van der Waals surface area (Å²) < 4.78 is 0. The van der Waals surface area contributed by atoms with Gasteiger partial charge in [0.25, 0.3) is 0 Å². The van der Waals surface area contributed by atoms with Crippen LogP contribution in [0, 0.1) is 11.8 Å². The van der Waals surface area contributed by atoms with Crippen molar-refractivity contribution in [1.82, 2.24) is 9.88 Å². The number of amides is 1. The Bertz CT molecular complexity index is 399. The largest absolute Gasteiger partial charge is 0.481 e. The lowest BCUT2D eigenvalue weighted by molar-refractivity contribution is -0.141. The first-order valence-corrected chi connectivity index (χ1v) is 5.19. The molecule has 0 aliphatic heterocycles. The predicted octanol–water partition coefficient (Wildman–Crippen LogP) is 0.694. The van der Waals surface area contributed by atoms with Gasteiger partial charge in [0.05, 0.1) is 11.8 Å². The van der Waals surface area contributed by atoms with Gasteiger partial charge in [-0.1, -0.05) is 0 Å². The quantitative estimate of drug-likeness (QED) is 0.787. The van der Waals surface area contributed by atoms with Gasteiger partial charge in [-0.25, -0.2) is 0 Å². The molecule has 1 heterocycles. The van der Waals surface area contributed by atoms with Crippen molar-refractivity contribution in [1.29, 1.82) is 0 Å². The van der Waals surface area contributed by atoms with Gasteiger partial charge < -0.3 is 15.0 Å². The Balaban J connectivity index is 1.89. The lowest BCUT2D eigenvalue weighted by Gasteiger charge is -2.16. The molecule has 5 nitrogen and oxygen atoms in total. The highest BCUT2D eigenvalue weighted by Gasteiger charge is 2.49. The van der Waals surface area contributed by atoms with E-state index in [4.69, 9.17) is 5.11 Å². The van der Waals surface area contributed by atoms with E-state index in [-0.39, 0.29) is 11.8 Å². The van der Waals surface area contributed by atoms with E-state index in [0.717, 1.165) is 5.56 Å². The SMILES string of the molecule is CN(Cc1cc[nH]c1)C(=O)C1CC1C(=O)O. The normalized spacial score (nSPS) is 22.8. The Hall–Kier alpha value is -1.78. The number of carboxylic acid groups (broad SMARTS) is 1. The summed E-state index contributed by atoms with van der Waals surface area (Å²) in [5.41, 5.74) is 1.02. The number of nitrogens with one attached hydrogen (secondary N) is 1. The number of nitrogens with zero attached hydrogens (tertiary/aromatic N) is 1. The molecule has 1 amide bonds. The minimum atomic E-state index is -0.867. The van der Waals surface area contributed by atoms with Gasteiger partial charge >= 0.3 is 5.97 Å². The lowest BCUT2D eigenvalue weighted by Crippen LogP contribution is -2.28. The fourth-order valence-electron chi connectivity index (χ4n) is 1.83. The molecule has 0 bridgehead atoms. The molecular weight excluding hydrogens is 208 g/mol. The number of H-pyrrole nitrogens is 1. The number of rotatable bonds is 4. The zero-order chi connectivity index (χ0) is 11.7. The Labute approximate surface area is 93.1 Å². The molecule has 1 aromatic heterocycles. The number of aromatic amines is 1. The second-order valence-corrected chi connectivity index (χ2v) is 4.20. The minimum Gasteiger partial charge on any atom is -0.481 e. The first kappa shape index (κ1) is 10.7. The van der Waals surface area contributed by atoms with E-state index in [1.54, 1.807) is 18.1 Å². The van der Waals surface area contributed by atoms with E-state index in [1.807, 2.05) is 12.3 Å². The van der Waals surface area contributed by atoms with Gasteiger partial charge in [0.15, 0.2) is 0 Å². The summed E-state index contributed by atoms with van der Waals surface area (Å²) in [6.45, 7) is 0.519. The minimum absolute atomic E-state index is 0.0754. The fourth-order valence-corrected chi connectivity index (χ4v) is 1.83. The highest BCUT2D eigenvalue weighted by molar-refractivity contribution is 5.89. The van der Waals surface area contributed by atoms with Gasteiger partial charge in [0.2, 0.25) is 5.91 Å². The van der Waals surface area contributed by atoms with Crippen molar-refractivity contribution >= 4 is 11.9 Å². The van der Waals surface area contributed by atoms with Crippen molar-refractivity contribution in [2.75, 3.05) is 7.05 Å². The van der Waals surface area contributed by atoms with Crippen LogP contribution in [0.25, 0.3) is 0 Å². The summed E-state index contributed by atoms with van der Waals surface area (Å²) in [5, 5.41) is 8.74. The summed E-state index contributed by atoms with van der Waals surface area (Å²) >= 11 is 0. The van der Waals surface area contributed by atoms with E-state index >= 15 is 0 Å². The number of hydrogen-bond donors (Lipinski definition) is 2. The molecule has 2 rings (SSSR count). The van der Waals surface area contributed by atoms with Gasteiger partial charge in [-0.05, 0) is 18.1 Å². The Morgan fingerprint density at radius 1 is 1.56 bits per heavy atom. The number of carbonyl (C=O) groups is 2. The standard InChI is InChI=1S/C11H14N2O3/c1-13(6-7-2-3-12-5-7)10(14)8-4-9(8)11(15)16/h2-3,5,8-9,12H,4,6H2,1H3,(H,15,16). The van der Waals surface area contributed by atoms with Crippen LogP contribution >= 0.6 is 0 Å². The number of carbonyl (C=O) groups excluding carboxylic acids is 1. The maximum atomic E-state index is 11.8. The second kappa shape index (κ2) is 4.00. The van der Waals surface area contributed by atoms with Gasteiger partial charge in [-0.3, -0.25) is 9.59 Å². The van der Waals surface area contributed by atoms with E-state index in [1.165, 1.54) is 0 Å². The molecule has 1 aliphatic rings. The summed E-state index contributed by atoms with van der Waals surface area (Å²) in [5.74, 6) is -1.73. The fraction of sp³-hybridized carbons (Fsp3) is 0.455. The lowest BCUT2D eigenvalue weighted by atomic mass is 10.2. The van der Waals surface area contributed by atoms with Gasteiger partial charge in [0.1, 0.15) is 0 Å². The van der Waals surface area contributed by atoms with Crippen LogP contribution in [-0.4, -0.2) is 33.9 Å². The maximum Gasteiger partial charge on any atom is 0.307 e. The molecule has 0 radical (unpaired) electrons. The summed E-state index contributed by atoms with van der Waals surface area (Å²) in [4.78, 5) is 26.9. The molecule has 0 aromatic carbocycles. The number of carboxylic acids is 1. The van der Waals surface area contributed by atoms with Crippen LogP contribution in [-0.2, 0) is 16.1 Å². The molecule has 1 saturated carbocycles. The number of aliphatic carboxylic acids is 1. The summed E-state index contributed by atoms with van der Waals surface area (Å²) in [7, 11) is 1.70. The van der Waals surface area contributed by atoms with Crippen molar-refractivity contribution in [3.05, 3.63) is 24.0 Å². The zero-order valence-electron chi connectivity index (χ0n) is 9.01. The zero-order valence-corrected chi connectivity index (χ0v) is 9.01. The highest BCUT2D eigenvalue weighted by atomic mass is 16.4. The highest BCUT2D eigenvalue weighted by Crippen LogP contribution is 2.40. The van der Waals surface area contributed by atoms with Gasteiger partial charge in [-0.2, -0.15) is 0 Å². The van der Waals surface area contributed by atoms with E-state index in [2.05, 4.69) is 4.98 Å². The molecular formula is C11H14N2O3. The number of hydrogen-bond acceptors (Lipinski definition) is 2. The Morgan fingerprint density at radius 3 is 2.81 bits per heavy atom. The molecule has 2 atom stereocenters. The van der Waals surface area contributed by atoms with Crippen molar-refractivity contribution in [2.24, 2.45) is 11.8 Å². The van der Waals surface area contributed by atoms with Crippen LogP contribution in [0.5, 0.6) is 0 Å². The third-order valence-electron chi connectivity index (χ3n) is 2.88.